The molecule has 2 unspecified atom stereocenters. The van der Waals surface area contributed by atoms with E-state index in [0.717, 1.165) is 17.1 Å². The summed E-state index contributed by atoms with van der Waals surface area (Å²) in [6.07, 6.45) is -27.9. The molecule has 4 fully saturated rings. The fourth-order valence-electron chi connectivity index (χ4n) is 9.35. The van der Waals surface area contributed by atoms with Gasteiger partial charge in [0.1, 0.15) is 53.7 Å². The van der Waals surface area contributed by atoms with Gasteiger partial charge in [0.2, 0.25) is 5.79 Å². The maximum Gasteiger partial charge on any atom is 0.397 e. The molecule has 4 aliphatic heterocycles. The topological polar surface area (TPSA) is 675 Å². The zero-order chi connectivity index (χ0) is 69.8. The number of hydrogen-bond donors (Lipinski definition) is 8. The molecule has 3 aromatic heterocycles. The maximum absolute atomic E-state index is 12.3. The Labute approximate surface area is 541 Å². The van der Waals surface area contributed by atoms with Crippen molar-refractivity contribution in [2.75, 3.05) is 19.1 Å². The van der Waals surface area contributed by atoms with Gasteiger partial charge in [0, 0.05) is 25.9 Å². The van der Waals surface area contributed by atoms with Crippen LogP contribution in [0.5, 0.6) is 0 Å². The number of halogens is 2. The van der Waals surface area contributed by atoms with Gasteiger partial charge in [-0.15, -0.1) is 38.5 Å². The van der Waals surface area contributed by atoms with Gasteiger partial charge in [0.05, 0.1) is 88.1 Å². The summed E-state index contributed by atoms with van der Waals surface area (Å²) in [4.78, 5) is 0. The van der Waals surface area contributed by atoms with Gasteiger partial charge >= 0.3 is 83.2 Å². The van der Waals surface area contributed by atoms with Crippen LogP contribution >= 0.6 is 23.2 Å². The number of ether oxygens (including phenoxy) is 8. The van der Waals surface area contributed by atoms with Crippen LogP contribution in [-0.2, 0) is 194 Å². The van der Waals surface area contributed by atoms with Crippen LogP contribution in [0.2, 0.25) is 0 Å². The van der Waals surface area contributed by atoms with Crippen LogP contribution in [0.4, 0.5) is 0 Å². The standard InChI is InChI=1S/C35H53Cl2N9O40S8/c1-2-71-12-17-6-44(41-38-17)9-20-3-23(81-89(53,54)55)30(84-92(62,63)64)33(75-20)72-13-18-7-45(42-39-18)10-21-4-24(82-90(56,57)58)31(85-93(65,66)67)34(76-21)73-14-19-8-46(43-40-19)11-25-29(83-91(59,60)61)32(86-94(68,69)70)35(16-36,78-25)79-27-5-22(80-88(50,51)52)28(37)26(77-27)15-74-87(47,48)49/h6-8,20-34H,2-5,9-16H2,1H3,(H,47,48,49)(H,50,51,52)(H,53,54,55)(H,56,57,58)(H,59,60,61)(H,62,63,64)(H,65,66,67)(H,68,69,70)/t20-,21-,22+,23-,24-,25+,26+,27?,28+,29+,30-,31-,32-,33-,34-,35?/m0/s1. The summed E-state index contributed by atoms with van der Waals surface area (Å²) in [6.45, 7) is -2.65. The third-order valence-electron chi connectivity index (χ3n) is 12.5. The maximum atomic E-state index is 12.3. The second-order valence-corrected chi connectivity index (χ2v) is 28.8. The number of nitrogens with zero attached hydrogens (tertiary/aromatic N) is 9. The van der Waals surface area contributed by atoms with Crippen LogP contribution in [0.3, 0.4) is 0 Å². The minimum atomic E-state index is -5.83. The Balaban J connectivity index is 1.10. The van der Waals surface area contributed by atoms with E-state index in [-0.39, 0.29) is 24.5 Å². The summed E-state index contributed by atoms with van der Waals surface area (Å²) in [5.41, 5.74) is -0.214. The average Bonchev–Trinajstić information content (AvgIpc) is 1.58. The lowest BCUT2D eigenvalue weighted by atomic mass is 10.0. The van der Waals surface area contributed by atoms with Crippen molar-refractivity contribution in [3.63, 3.8) is 0 Å². The molecular formula is C35H53Cl2N9O40S8. The summed E-state index contributed by atoms with van der Waals surface area (Å²) in [5, 5.41) is 21.3. The first-order valence-electron chi connectivity index (χ1n) is 25.4. The van der Waals surface area contributed by atoms with E-state index < -0.39 is 238 Å². The molecule has 4 saturated heterocycles. The van der Waals surface area contributed by atoms with Crippen molar-refractivity contribution in [2.45, 2.75) is 163 Å². The zero-order valence-corrected chi connectivity index (χ0v) is 54.6. The number of hydrogen-bond acceptors (Lipinski definition) is 38. The van der Waals surface area contributed by atoms with Crippen molar-refractivity contribution in [2.24, 2.45) is 0 Å². The van der Waals surface area contributed by atoms with Crippen molar-refractivity contribution in [1.82, 2.24) is 45.0 Å². The Morgan fingerprint density at radius 2 is 0.915 bits per heavy atom. The van der Waals surface area contributed by atoms with Crippen LogP contribution in [0, 0.1) is 0 Å². The molecule has 4 aliphatic rings. The number of alkyl halides is 2. The highest BCUT2D eigenvalue weighted by Crippen LogP contribution is 2.43. The van der Waals surface area contributed by atoms with Crippen molar-refractivity contribution in [3.05, 3.63) is 35.7 Å². The summed E-state index contributed by atoms with van der Waals surface area (Å²) in [6, 6.07) is 0. The lowest BCUT2D eigenvalue weighted by Gasteiger charge is -2.41. The third kappa shape index (κ3) is 24.8. The van der Waals surface area contributed by atoms with Gasteiger partial charge in [-0.1, -0.05) is 15.6 Å². The van der Waals surface area contributed by atoms with Gasteiger partial charge in [0.15, 0.2) is 37.2 Å². The molecule has 8 N–H and O–H groups in total. The first kappa shape index (κ1) is 78.0. The summed E-state index contributed by atoms with van der Waals surface area (Å²) in [7, 11) is -44.4. The molecule has 0 aromatic carbocycles. The van der Waals surface area contributed by atoms with E-state index in [1.807, 2.05) is 0 Å². The lowest BCUT2D eigenvalue weighted by molar-refractivity contribution is -0.332. The van der Waals surface area contributed by atoms with Gasteiger partial charge in [-0.3, -0.25) is 36.4 Å². The fourth-order valence-corrected chi connectivity index (χ4v) is 13.8. The highest BCUT2D eigenvalue weighted by molar-refractivity contribution is 7.82. The summed E-state index contributed by atoms with van der Waals surface area (Å²) >= 11 is 12.4. The van der Waals surface area contributed by atoms with Gasteiger partial charge in [-0.25, -0.2) is 47.5 Å². The molecule has 49 nitrogen and oxygen atoms in total. The second kappa shape index (κ2) is 31.0. The summed E-state index contributed by atoms with van der Waals surface area (Å²) in [5.74, 6) is -4.31. The van der Waals surface area contributed by atoms with Crippen LogP contribution < -0.4 is 0 Å². The Morgan fingerprint density at radius 3 is 1.32 bits per heavy atom. The van der Waals surface area contributed by atoms with E-state index in [1.165, 1.54) is 10.9 Å². The van der Waals surface area contributed by atoms with Gasteiger partial charge in [-0.05, 0) is 6.92 Å². The van der Waals surface area contributed by atoms with Crippen LogP contribution in [-0.4, -0.2) is 265 Å². The minimum Gasteiger partial charge on any atom is -0.375 e. The SMILES string of the molecule is CCOCc1cn(C[C@@H]2C[C@H](OS(=O)(=O)O)[C@H](OS(=O)(=O)O)[C@@H](OCc3cn(C[C@@H]4C[C@H](OS(=O)(=O)O)[C@H](OS(=O)(=O)O)[C@@H](OCc5cn(C[C@H]6OC(CCl)(OC7C[C@@H](OS(=O)(=O)O)[C@@H](Cl)[C@@H](COS(=O)(=O)O)O7)[C@@H](OS(=O)(=O)O)[C@@H]6OS(=O)(=O)O)nn5)O4)nn3)O2)nn1. The normalized spacial score (nSPS) is 30.4. The third-order valence-corrected chi connectivity index (χ3v) is 17.2. The smallest absolute Gasteiger partial charge is 0.375 e. The van der Waals surface area contributed by atoms with E-state index in [2.05, 4.69) is 64.4 Å². The molecule has 59 heteroatoms. The highest BCUT2D eigenvalue weighted by atomic mass is 35.5. The predicted octanol–water partition coefficient (Wildman–Crippen LogP) is -5.13. The van der Waals surface area contributed by atoms with Crippen molar-refractivity contribution in [1.29, 1.82) is 0 Å². The van der Waals surface area contributed by atoms with Gasteiger partial charge < -0.3 is 37.9 Å². The van der Waals surface area contributed by atoms with Crippen molar-refractivity contribution < 1.29 is 175 Å². The molecule has 0 radical (unpaired) electrons. The zero-order valence-electron chi connectivity index (χ0n) is 46.6. The van der Waals surface area contributed by atoms with Gasteiger partial charge in [0.25, 0.3) is 0 Å². The Morgan fingerprint density at radius 1 is 0.511 bits per heavy atom. The fraction of sp³-hybridized carbons (Fsp3) is 0.829. The first-order chi connectivity index (χ1) is 43.2. The molecule has 16 atom stereocenters. The monoisotopic (exact) mass is 1560 g/mol. The Bertz CT molecular complexity index is 4020. The van der Waals surface area contributed by atoms with Crippen molar-refractivity contribution in [3.8, 4) is 0 Å². The molecule has 0 spiro atoms. The molecule has 94 heavy (non-hydrogen) atoms. The first-order valence-corrected chi connectivity index (χ1v) is 37.3. The lowest BCUT2D eigenvalue weighted by Crippen LogP contribution is -2.56. The highest BCUT2D eigenvalue weighted by Gasteiger charge is 2.62. The Hall–Kier alpha value is -3.36. The van der Waals surface area contributed by atoms with E-state index in [9.17, 15) is 99.2 Å². The molecule has 540 valence electrons. The largest absolute Gasteiger partial charge is 0.397 e. The quantitative estimate of drug-likeness (QED) is 0.0202. The molecule has 0 bridgehead atoms. The molecule has 0 aliphatic carbocycles. The van der Waals surface area contributed by atoms with E-state index in [1.54, 1.807) is 6.92 Å². The predicted molar refractivity (Wildman–Crippen MR) is 286 cm³/mol. The van der Waals surface area contributed by atoms with Crippen LogP contribution in [0.15, 0.2) is 18.6 Å². The van der Waals surface area contributed by atoms with Crippen LogP contribution in [0.25, 0.3) is 0 Å². The van der Waals surface area contributed by atoms with E-state index >= 15 is 0 Å². The minimum absolute atomic E-state index is 0.0410. The number of aromatic nitrogens is 9. The Kier molecular flexibility index (Phi) is 25.7. The molecule has 3 aromatic rings. The van der Waals surface area contributed by atoms with Gasteiger partial charge in [-0.2, -0.15) is 67.3 Å². The molecule has 7 rings (SSSR count). The number of rotatable bonds is 35. The molecule has 7 heterocycles. The molecule has 0 amide bonds. The van der Waals surface area contributed by atoms with Crippen molar-refractivity contribution >= 4 is 106 Å². The molecular weight excluding hydrogens is 1510 g/mol. The average molecular weight is 1570 g/mol. The second-order valence-electron chi connectivity index (χ2n) is 19.6. The summed E-state index contributed by atoms with van der Waals surface area (Å²) < 4.78 is 354. The van der Waals surface area contributed by atoms with E-state index in [0.29, 0.717) is 17.0 Å². The molecule has 0 saturated carbocycles. The van der Waals surface area contributed by atoms with Crippen LogP contribution in [0.1, 0.15) is 43.3 Å². The van der Waals surface area contributed by atoms with E-state index in [4.69, 9.17) is 65.6 Å².